The van der Waals surface area contributed by atoms with Gasteiger partial charge in [0.1, 0.15) is 0 Å². The van der Waals surface area contributed by atoms with E-state index in [-0.39, 0.29) is 17.4 Å². The summed E-state index contributed by atoms with van der Waals surface area (Å²) in [5.41, 5.74) is 2.68. The molecule has 6 heteroatoms. The largest absolute Gasteiger partial charge is 0.377 e. The molecule has 0 saturated carbocycles. The number of rotatable bonds is 6. The molecule has 1 fully saturated rings. The number of ether oxygens (including phenoxy) is 1. The fourth-order valence-corrected chi connectivity index (χ4v) is 4.57. The molecule has 1 aromatic carbocycles. The van der Waals surface area contributed by atoms with E-state index >= 15 is 0 Å². The van der Waals surface area contributed by atoms with E-state index < -0.39 is 0 Å². The maximum absolute atomic E-state index is 12.5. The number of hydrogen-bond acceptors (Lipinski definition) is 3. The molecule has 2 aliphatic rings. The van der Waals surface area contributed by atoms with Crippen molar-refractivity contribution in [1.82, 2.24) is 15.5 Å². The lowest BCUT2D eigenvalue weighted by Crippen LogP contribution is -2.47. The first-order valence-electron chi connectivity index (χ1n) is 11.3. The molecule has 2 unspecified atom stereocenters. The Labute approximate surface area is 181 Å². The van der Waals surface area contributed by atoms with Gasteiger partial charge in [-0.1, -0.05) is 45.0 Å². The van der Waals surface area contributed by atoms with Gasteiger partial charge in [0.2, 0.25) is 5.91 Å². The standard InChI is InChI=1S/C24H38N4O2/c1-24(2,3)22-18(11-8-14-30-22)15-27-23(25-4)26-13-7-12-21(29)28-16-19-9-5-6-10-20(19)17-28/h5-6,9-10,18,22H,7-8,11-17H2,1-4H3,(H2,25,26,27). The third-order valence-corrected chi connectivity index (χ3v) is 6.11. The first-order valence-corrected chi connectivity index (χ1v) is 11.3. The number of nitrogens with one attached hydrogen (secondary N) is 2. The van der Waals surface area contributed by atoms with Crippen LogP contribution in [0.5, 0.6) is 0 Å². The van der Waals surface area contributed by atoms with E-state index in [0.717, 1.165) is 51.6 Å². The topological polar surface area (TPSA) is 66.0 Å². The van der Waals surface area contributed by atoms with Crippen molar-refractivity contribution in [2.75, 3.05) is 26.7 Å². The van der Waals surface area contributed by atoms with Crippen molar-refractivity contribution in [2.24, 2.45) is 16.3 Å². The summed E-state index contributed by atoms with van der Waals surface area (Å²) in [5.74, 6) is 1.51. The molecule has 166 valence electrons. The van der Waals surface area contributed by atoms with E-state index in [9.17, 15) is 4.79 Å². The van der Waals surface area contributed by atoms with E-state index in [4.69, 9.17) is 4.74 Å². The monoisotopic (exact) mass is 414 g/mol. The Morgan fingerprint density at radius 2 is 1.90 bits per heavy atom. The first-order chi connectivity index (χ1) is 14.4. The average molecular weight is 415 g/mol. The van der Waals surface area contributed by atoms with Crippen molar-refractivity contribution in [3.05, 3.63) is 35.4 Å². The molecular weight excluding hydrogens is 376 g/mol. The molecule has 1 saturated heterocycles. The van der Waals surface area contributed by atoms with Gasteiger partial charge in [0, 0.05) is 52.2 Å². The summed E-state index contributed by atoms with van der Waals surface area (Å²) in [6, 6.07) is 8.31. The van der Waals surface area contributed by atoms with Crippen LogP contribution in [0.25, 0.3) is 0 Å². The number of aliphatic imine (C=N–C) groups is 1. The smallest absolute Gasteiger partial charge is 0.223 e. The van der Waals surface area contributed by atoms with Crippen molar-refractivity contribution < 1.29 is 9.53 Å². The second-order valence-corrected chi connectivity index (χ2v) is 9.56. The molecule has 2 atom stereocenters. The van der Waals surface area contributed by atoms with Crippen molar-refractivity contribution in [1.29, 1.82) is 0 Å². The normalized spacial score (nSPS) is 22.0. The molecule has 0 bridgehead atoms. The number of guanidine groups is 1. The maximum atomic E-state index is 12.5. The van der Waals surface area contributed by atoms with Crippen LogP contribution >= 0.6 is 0 Å². The van der Waals surface area contributed by atoms with Gasteiger partial charge in [-0.15, -0.1) is 0 Å². The second-order valence-electron chi connectivity index (χ2n) is 9.56. The number of carbonyl (C=O) groups is 1. The minimum atomic E-state index is 0.138. The highest BCUT2D eigenvalue weighted by atomic mass is 16.5. The lowest BCUT2D eigenvalue weighted by Gasteiger charge is -2.40. The van der Waals surface area contributed by atoms with Crippen LogP contribution in [0.2, 0.25) is 0 Å². The van der Waals surface area contributed by atoms with E-state index in [1.807, 2.05) is 17.0 Å². The zero-order valence-corrected chi connectivity index (χ0v) is 19.0. The zero-order chi connectivity index (χ0) is 21.6. The van der Waals surface area contributed by atoms with Gasteiger partial charge in [0.25, 0.3) is 0 Å². The zero-order valence-electron chi connectivity index (χ0n) is 19.0. The van der Waals surface area contributed by atoms with Gasteiger partial charge in [0.05, 0.1) is 6.10 Å². The van der Waals surface area contributed by atoms with Gasteiger partial charge < -0.3 is 20.3 Å². The lowest BCUT2D eigenvalue weighted by atomic mass is 9.78. The van der Waals surface area contributed by atoms with E-state index in [2.05, 4.69) is 48.5 Å². The van der Waals surface area contributed by atoms with Gasteiger partial charge >= 0.3 is 0 Å². The average Bonchev–Trinajstić information content (AvgIpc) is 3.17. The van der Waals surface area contributed by atoms with Crippen LogP contribution in [0.3, 0.4) is 0 Å². The Hall–Kier alpha value is -2.08. The Morgan fingerprint density at radius 3 is 2.53 bits per heavy atom. The highest BCUT2D eigenvalue weighted by Crippen LogP contribution is 2.33. The molecule has 3 rings (SSSR count). The van der Waals surface area contributed by atoms with E-state index in [1.54, 1.807) is 7.05 Å². The van der Waals surface area contributed by atoms with Gasteiger partial charge in [-0.05, 0) is 35.8 Å². The van der Waals surface area contributed by atoms with Crippen LogP contribution in [0.15, 0.2) is 29.3 Å². The van der Waals surface area contributed by atoms with Gasteiger partial charge in [-0.2, -0.15) is 0 Å². The quantitative estimate of drug-likeness (QED) is 0.426. The number of fused-ring (bicyclic) bond motifs is 1. The van der Waals surface area contributed by atoms with Crippen molar-refractivity contribution in [2.45, 2.75) is 65.6 Å². The molecule has 2 N–H and O–H groups in total. The third-order valence-electron chi connectivity index (χ3n) is 6.11. The maximum Gasteiger partial charge on any atom is 0.223 e. The summed E-state index contributed by atoms with van der Waals surface area (Å²) in [6.45, 7) is 10.7. The Balaban J connectivity index is 1.36. The summed E-state index contributed by atoms with van der Waals surface area (Å²) in [5, 5.41) is 6.81. The summed E-state index contributed by atoms with van der Waals surface area (Å²) in [4.78, 5) is 18.8. The van der Waals surface area contributed by atoms with Crippen LogP contribution in [0, 0.1) is 11.3 Å². The summed E-state index contributed by atoms with van der Waals surface area (Å²) in [6.07, 6.45) is 3.91. The molecule has 30 heavy (non-hydrogen) atoms. The van der Waals surface area contributed by atoms with Crippen LogP contribution in [0.1, 0.15) is 57.6 Å². The number of hydrogen-bond donors (Lipinski definition) is 2. The molecular formula is C24H38N4O2. The molecule has 0 aromatic heterocycles. The first kappa shape index (κ1) is 22.6. The number of amides is 1. The van der Waals surface area contributed by atoms with Crippen LogP contribution < -0.4 is 10.6 Å². The Bertz CT molecular complexity index is 716. The summed E-state index contributed by atoms with van der Waals surface area (Å²) >= 11 is 0. The molecule has 1 aromatic rings. The Kier molecular flexibility index (Phi) is 7.75. The fourth-order valence-electron chi connectivity index (χ4n) is 4.57. The molecule has 0 radical (unpaired) electrons. The van der Waals surface area contributed by atoms with E-state index in [0.29, 0.717) is 12.3 Å². The highest BCUT2D eigenvalue weighted by Gasteiger charge is 2.35. The minimum absolute atomic E-state index is 0.138. The van der Waals surface area contributed by atoms with Crippen molar-refractivity contribution >= 4 is 11.9 Å². The van der Waals surface area contributed by atoms with Gasteiger partial charge in [-0.25, -0.2) is 0 Å². The second kappa shape index (κ2) is 10.3. The number of carbonyl (C=O) groups excluding carboxylic acids is 1. The fraction of sp³-hybridized carbons (Fsp3) is 0.667. The van der Waals surface area contributed by atoms with Crippen molar-refractivity contribution in [3.63, 3.8) is 0 Å². The summed E-state index contributed by atoms with van der Waals surface area (Å²) in [7, 11) is 1.79. The highest BCUT2D eigenvalue weighted by molar-refractivity contribution is 5.80. The van der Waals surface area contributed by atoms with Crippen LogP contribution in [-0.4, -0.2) is 49.6 Å². The van der Waals surface area contributed by atoms with Crippen molar-refractivity contribution in [3.8, 4) is 0 Å². The molecule has 0 spiro atoms. The number of benzene rings is 1. The SMILES string of the molecule is CN=C(NCCCC(=O)N1Cc2ccccc2C1)NCC1CCCOC1C(C)(C)C. The molecule has 2 aliphatic heterocycles. The van der Waals surface area contributed by atoms with Crippen LogP contribution in [-0.2, 0) is 22.6 Å². The Morgan fingerprint density at radius 1 is 1.20 bits per heavy atom. The van der Waals surface area contributed by atoms with E-state index in [1.165, 1.54) is 17.5 Å². The predicted octanol–water partition coefficient (Wildman–Crippen LogP) is 3.32. The summed E-state index contributed by atoms with van der Waals surface area (Å²) < 4.78 is 6.08. The predicted molar refractivity (Wildman–Crippen MR) is 121 cm³/mol. The van der Waals surface area contributed by atoms with Crippen LogP contribution in [0.4, 0.5) is 0 Å². The van der Waals surface area contributed by atoms with Gasteiger partial charge in [0.15, 0.2) is 5.96 Å². The molecule has 6 nitrogen and oxygen atoms in total. The lowest BCUT2D eigenvalue weighted by molar-refractivity contribution is -0.131. The molecule has 2 heterocycles. The third kappa shape index (κ3) is 5.97. The number of nitrogens with zero attached hydrogens (tertiary/aromatic N) is 2. The minimum Gasteiger partial charge on any atom is -0.377 e. The molecule has 0 aliphatic carbocycles. The molecule has 1 amide bonds. The van der Waals surface area contributed by atoms with Gasteiger partial charge in [-0.3, -0.25) is 9.79 Å².